The van der Waals surface area contributed by atoms with Crippen molar-refractivity contribution in [2.75, 3.05) is 13.2 Å². The van der Waals surface area contributed by atoms with Gasteiger partial charge in [0.1, 0.15) is 12.4 Å². The fourth-order valence-corrected chi connectivity index (χ4v) is 3.76. The Bertz CT molecular complexity index is 905. The number of ether oxygens (including phenoxy) is 3. The Kier molecular flexibility index (Phi) is 4.77. The average Bonchev–Trinajstić information content (AvgIpc) is 3.21. The molecular weight excluding hydrogens is 356 g/mol. The van der Waals surface area contributed by atoms with E-state index in [1.165, 1.54) is 6.08 Å². The molecule has 0 N–H and O–H groups in total. The highest BCUT2D eigenvalue weighted by atomic mass is 16.6. The number of esters is 1. The van der Waals surface area contributed by atoms with E-state index in [2.05, 4.69) is 0 Å². The zero-order chi connectivity index (χ0) is 19.6. The summed E-state index contributed by atoms with van der Waals surface area (Å²) in [7, 11) is 0. The molecule has 2 aromatic carbocycles. The third-order valence-electron chi connectivity index (χ3n) is 5.50. The van der Waals surface area contributed by atoms with E-state index in [1.54, 1.807) is 0 Å². The average molecular weight is 378 g/mol. The van der Waals surface area contributed by atoms with Gasteiger partial charge in [-0.3, -0.25) is 4.79 Å². The molecule has 0 amide bonds. The van der Waals surface area contributed by atoms with Crippen LogP contribution in [0, 0.1) is 5.41 Å². The van der Waals surface area contributed by atoms with E-state index in [-0.39, 0.29) is 12.4 Å². The smallest absolute Gasteiger partial charge is 0.359 e. The predicted molar refractivity (Wildman–Crippen MR) is 103 cm³/mol. The first-order valence-corrected chi connectivity index (χ1v) is 9.35. The summed E-state index contributed by atoms with van der Waals surface area (Å²) in [4.78, 5) is 25.5. The van der Waals surface area contributed by atoms with Crippen LogP contribution in [0.3, 0.4) is 0 Å². The lowest BCUT2D eigenvalue weighted by atomic mass is 9.71. The van der Waals surface area contributed by atoms with Crippen molar-refractivity contribution in [2.24, 2.45) is 5.41 Å². The molecule has 2 heterocycles. The van der Waals surface area contributed by atoms with Crippen molar-refractivity contribution < 1.29 is 23.8 Å². The predicted octanol–water partition coefficient (Wildman–Crippen LogP) is 3.54. The molecular formula is C23H22O5. The topological polar surface area (TPSA) is 61.8 Å². The van der Waals surface area contributed by atoms with Crippen LogP contribution in [0.1, 0.15) is 24.5 Å². The van der Waals surface area contributed by atoms with E-state index in [4.69, 9.17) is 14.2 Å². The lowest BCUT2D eigenvalue weighted by molar-refractivity contribution is -0.160. The second-order valence-electron chi connectivity index (χ2n) is 7.45. The Hall–Kier alpha value is -2.92. The van der Waals surface area contributed by atoms with Gasteiger partial charge in [0.25, 0.3) is 5.60 Å². The molecule has 28 heavy (non-hydrogen) atoms. The fraction of sp³-hybridized carbons (Fsp3) is 0.304. The quantitative estimate of drug-likeness (QED) is 0.437. The third-order valence-corrected chi connectivity index (χ3v) is 5.50. The molecule has 1 fully saturated rings. The van der Waals surface area contributed by atoms with Crippen molar-refractivity contribution in [2.45, 2.75) is 25.6 Å². The second kappa shape index (κ2) is 7.24. The van der Waals surface area contributed by atoms with E-state index in [9.17, 15) is 9.59 Å². The van der Waals surface area contributed by atoms with Crippen molar-refractivity contribution in [3.63, 3.8) is 0 Å². The number of cyclic esters (lactones) is 1. The molecule has 5 nitrogen and oxygen atoms in total. The number of carbonyl (C=O) groups excluding carboxylic acids is 2. The van der Waals surface area contributed by atoms with Gasteiger partial charge in [0.05, 0.1) is 12.0 Å². The van der Waals surface area contributed by atoms with Crippen molar-refractivity contribution in [1.29, 1.82) is 0 Å². The molecule has 0 radical (unpaired) electrons. The molecule has 2 aliphatic rings. The van der Waals surface area contributed by atoms with Gasteiger partial charge < -0.3 is 14.2 Å². The Morgan fingerprint density at radius 3 is 2.39 bits per heavy atom. The fourth-order valence-electron chi connectivity index (χ4n) is 3.76. The minimum absolute atomic E-state index is 0.127. The Morgan fingerprint density at radius 2 is 1.68 bits per heavy atom. The van der Waals surface area contributed by atoms with Gasteiger partial charge in [0.2, 0.25) is 5.78 Å². The van der Waals surface area contributed by atoms with Gasteiger partial charge in [-0.25, -0.2) is 4.79 Å². The largest absolute Gasteiger partial charge is 0.466 e. The van der Waals surface area contributed by atoms with Crippen molar-refractivity contribution in [1.82, 2.24) is 0 Å². The highest BCUT2D eigenvalue weighted by Gasteiger charge is 2.69. The molecule has 0 aromatic heterocycles. The summed E-state index contributed by atoms with van der Waals surface area (Å²) < 4.78 is 17.1. The van der Waals surface area contributed by atoms with Crippen LogP contribution in [0.25, 0.3) is 5.76 Å². The van der Waals surface area contributed by atoms with Crippen LogP contribution in [0.5, 0.6) is 0 Å². The van der Waals surface area contributed by atoms with Crippen molar-refractivity contribution in [3.05, 3.63) is 77.9 Å². The van der Waals surface area contributed by atoms with E-state index in [0.717, 1.165) is 11.1 Å². The number of hydrogen-bond acceptors (Lipinski definition) is 5. The van der Waals surface area contributed by atoms with E-state index in [0.29, 0.717) is 25.4 Å². The minimum Gasteiger partial charge on any atom is -0.466 e. The second-order valence-corrected chi connectivity index (χ2v) is 7.45. The van der Waals surface area contributed by atoms with Crippen LogP contribution in [0.2, 0.25) is 0 Å². The lowest BCUT2D eigenvalue weighted by Gasteiger charge is -2.34. The zero-order valence-electron chi connectivity index (χ0n) is 15.7. The number of benzene rings is 2. The van der Waals surface area contributed by atoms with Crippen LogP contribution < -0.4 is 0 Å². The van der Waals surface area contributed by atoms with E-state index >= 15 is 0 Å². The van der Waals surface area contributed by atoms with Gasteiger partial charge >= 0.3 is 5.97 Å². The van der Waals surface area contributed by atoms with Crippen LogP contribution >= 0.6 is 0 Å². The molecule has 5 heteroatoms. The van der Waals surface area contributed by atoms with Crippen LogP contribution in [0.4, 0.5) is 0 Å². The normalized spacial score (nSPS) is 26.2. The van der Waals surface area contributed by atoms with Crippen LogP contribution in [-0.2, 0) is 30.4 Å². The lowest BCUT2D eigenvalue weighted by Crippen LogP contribution is -2.54. The first kappa shape index (κ1) is 18.4. The monoisotopic (exact) mass is 378 g/mol. The van der Waals surface area contributed by atoms with Gasteiger partial charge in [-0.1, -0.05) is 67.6 Å². The first-order valence-electron chi connectivity index (χ1n) is 9.35. The van der Waals surface area contributed by atoms with Crippen molar-refractivity contribution in [3.8, 4) is 0 Å². The molecule has 4 rings (SSSR count). The summed E-state index contributed by atoms with van der Waals surface area (Å²) in [5.74, 6) is -0.578. The maximum atomic E-state index is 12.9. The Balaban J connectivity index is 1.48. The molecule has 2 aliphatic heterocycles. The summed E-state index contributed by atoms with van der Waals surface area (Å²) in [6.07, 6.45) is 1.87. The number of carbonyl (C=O) groups is 2. The molecule has 0 aliphatic carbocycles. The summed E-state index contributed by atoms with van der Waals surface area (Å²) >= 11 is 0. The Labute approximate surface area is 163 Å². The van der Waals surface area contributed by atoms with Crippen molar-refractivity contribution >= 4 is 17.5 Å². The zero-order valence-corrected chi connectivity index (χ0v) is 15.7. The SMILES string of the molecule is C[C@]1(CCOCc2ccccc2)COC(=O)[C@]12OC(c1ccccc1)=CC2=O. The van der Waals surface area contributed by atoms with E-state index < -0.39 is 17.0 Å². The summed E-state index contributed by atoms with van der Waals surface area (Å²) in [5, 5.41) is 0. The molecule has 2 aromatic rings. The maximum Gasteiger partial charge on any atom is 0.359 e. The maximum absolute atomic E-state index is 12.9. The van der Waals surface area contributed by atoms with Gasteiger partial charge in [0.15, 0.2) is 0 Å². The van der Waals surface area contributed by atoms with Crippen LogP contribution in [-0.4, -0.2) is 30.6 Å². The standard InChI is InChI=1S/C23H22O5/c1-22(12-13-26-15-17-8-4-2-5-9-17)16-27-21(25)23(22)20(24)14-19(28-23)18-10-6-3-7-11-18/h2-11,14H,12-13,15-16H2,1H3/t22-,23-/m0/s1. The van der Waals surface area contributed by atoms with Gasteiger partial charge in [0, 0.05) is 18.2 Å². The van der Waals surface area contributed by atoms with Crippen LogP contribution in [0.15, 0.2) is 66.7 Å². The molecule has 0 unspecified atom stereocenters. The van der Waals surface area contributed by atoms with Gasteiger partial charge in [-0.15, -0.1) is 0 Å². The molecule has 0 bridgehead atoms. The summed E-state index contributed by atoms with van der Waals surface area (Å²) in [5.41, 5.74) is -0.600. The minimum atomic E-state index is -1.63. The number of ketones is 1. The highest BCUT2D eigenvalue weighted by Crippen LogP contribution is 2.50. The third kappa shape index (κ3) is 3.02. The summed E-state index contributed by atoms with van der Waals surface area (Å²) in [6.45, 7) is 2.84. The molecule has 1 saturated heterocycles. The molecule has 2 atom stereocenters. The van der Waals surface area contributed by atoms with E-state index in [1.807, 2.05) is 67.6 Å². The number of rotatable bonds is 6. The first-order chi connectivity index (χ1) is 13.6. The summed E-state index contributed by atoms with van der Waals surface area (Å²) in [6, 6.07) is 19.1. The molecule has 144 valence electrons. The van der Waals surface area contributed by atoms with Gasteiger partial charge in [-0.05, 0) is 12.0 Å². The van der Waals surface area contributed by atoms with Gasteiger partial charge in [-0.2, -0.15) is 0 Å². The highest BCUT2D eigenvalue weighted by molar-refractivity contribution is 6.19. The molecule has 1 spiro atoms. The molecule has 0 saturated carbocycles. The number of hydrogen-bond donors (Lipinski definition) is 0. The Morgan fingerprint density at radius 1 is 1.00 bits per heavy atom.